The van der Waals surface area contributed by atoms with E-state index in [1.807, 2.05) is 61.5 Å². The minimum atomic E-state index is 0.782. The minimum absolute atomic E-state index is 0.782. The monoisotopic (exact) mass is 370 g/mol. The number of para-hydroxylation sites is 1. The third-order valence-electron chi connectivity index (χ3n) is 4.11. The lowest BCUT2D eigenvalue weighted by atomic mass is 10.1. The van der Waals surface area contributed by atoms with Gasteiger partial charge in [0.05, 0.1) is 17.1 Å². The van der Waals surface area contributed by atoms with Crippen LogP contribution in [0.1, 0.15) is 12.6 Å². The summed E-state index contributed by atoms with van der Waals surface area (Å²) in [5.41, 5.74) is 4.90. The van der Waals surface area contributed by atoms with E-state index in [-0.39, 0.29) is 0 Å². The maximum absolute atomic E-state index is 4.53. The van der Waals surface area contributed by atoms with Crippen LogP contribution in [0.25, 0.3) is 16.9 Å². The largest absolute Gasteiger partial charge is 0.284 e. The van der Waals surface area contributed by atoms with Crippen LogP contribution in [0.2, 0.25) is 0 Å². The van der Waals surface area contributed by atoms with Gasteiger partial charge in [-0.05, 0) is 36.8 Å². The number of rotatable bonds is 4. The van der Waals surface area contributed by atoms with Crippen LogP contribution in [-0.2, 0) is 0 Å². The van der Waals surface area contributed by atoms with Crippen LogP contribution in [0.15, 0.2) is 101 Å². The van der Waals surface area contributed by atoms with Crippen LogP contribution in [0.5, 0.6) is 0 Å². The Balaban J connectivity index is 1.85. The van der Waals surface area contributed by atoms with Gasteiger partial charge < -0.3 is 0 Å². The van der Waals surface area contributed by atoms with Gasteiger partial charge in [0.1, 0.15) is 0 Å². The molecule has 0 bridgehead atoms. The molecule has 0 atom stereocenters. The SMILES string of the molecule is C/C(=N\N=c1/scc(-c2ccccc2)n1-c1ccccc1)c1ccccn1. The Labute approximate surface area is 161 Å². The van der Waals surface area contributed by atoms with Crippen molar-refractivity contribution in [1.29, 1.82) is 0 Å². The highest BCUT2D eigenvalue weighted by Crippen LogP contribution is 2.23. The summed E-state index contributed by atoms with van der Waals surface area (Å²) in [6, 6.07) is 26.3. The predicted octanol–water partition coefficient (Wildman–Crippen LogP) is 4.93. The summed E-state index contributed by atoms with van der Waals surface area (Å²) < 4.78 is 2.13. The van der Waals surface area contributed by atoms with E-state index < -0.39 is 0 Å². The molecule has 0 fully saturated rings. The average molecular weight is 370 g/mol. The lowest BCUT2D eigenvalue weighted by molar-refractivity contribution is 0.969. The van der Waals surface area contributed by atoms with E-state index in [2.05, 4.69) is 49.4 Å². The van der Waals surface area contributed by atoms with Crippen molar-refractivity contribution in [3.05, 3.63) is 101 Å². The highest BCUT2D eigenvalue weighted by molar-refractivity contribution is 7.07. The second-order valence-corrected chi connectivity index (χ2v) is 6.78. The van der Waals surface area contributed by atoms with Gasteiger partial charge in [-0.15, -0.1) is 16.4 Å². The van der Waals surface area contributed by atoms with Crippen molar-refractivity contribution in [2.24, 2.45) is 10.2 Å². The molecule has 2 heterocycles. The summed E-state index contributed by atoms with van der Waals surface area (Å²) >= 11 is 1.57. The van der Waals surface area contributed by atoms with Gasteiger partial charge >= 0.3 is 0 Å². The highest BCUT2D eigenvalue weighted by Gasteiger charge is 2.09. The van der Waals surface area contributed by atoms with Gasteiger partial charge in [-0.3, -0.25) is 9.55 Å². The molecule has 4 nitrogen and oxygen atoms in total. The van der Waals surface area contributed by atoms with Gasteiger partial charge in [-0.1, -0.05) is 54.6 Å². The number of nitrogens with zero attached hydrogens (tertiary/aromatic N) is 4. The fraction of sp³-hybridized carbons (Fsp3) is 0.0455. The molecule has 27 heavy (non-hydrogen) atoms. The Kier molecular flexibility index (Phi) is 5.03. The lowest BCUT2D eigenvalue weighted by Gasteiger charge is -2.08. The third-order valence-corrected chi connectivity index (χ3v) is 4.93. The molecule has 0 unspecified atom stereocenters. The first-order valence-corrected chi connectivity index (χ1v) is 9.52. The molecule has 5 heteroatoms. The summed E-state index contributed by atoms with van der Waals surface area (Å²) in [7, 11) is 0. The smallest absolute Gasteiger partial charge is 0.215 e. The molecule has 4 rings (SSSR count). The highest BCUT2D eigenvalue weighted by atomic mass is 32.1. The van der Waals surface area contributed by atoms with E-state index in [0.29, 0.717) is 0 Å². The molecule has 0 aliphatic heterocycles. The van der Waals surface area contributed by atoms with E-state index >= 15 is 0 Å². The standard InChI is InChI=1S/C22H18N4S/c1-17(20-14-8-9-15-23-20)24-25-22-26(19-12-6-3-7-13-19)21(16-27-22)18-10-4-2-5-11-18/h2-16H,1H3/b24-17+,25-22-. The molecule has 0 aliphatic carbocycles. The molecule has 0 saturated carbocycles. The zero-order valence-electron chi connectivity index (χ0n) is 14.9. The van der Waals surface area contributed by atoms with E-state index in [1.54, 1.807) is 17.5 Å². The van der Waals surface area contributed by atoms with Crippen molar-refractivity contribution in [3.8, 4) is 16.9 Å². The second kappa shape index (κ2) is 7.93. The Bertz CT molecular complexity index is 1110. The molecule has 132 valence electrons. The number of hydrogen-bond donors (Lipinski definition) is 0. The Morgan fingerprint density at radius 3 is 2.30 bits per heavy atom. The van der Waals surface area contributed by atoms with Crippen LogP contribution in [0.4, 0.5) is 0 Å². The first-order valence-electron chi connectivity index (χ1n) is 8.64. The first-order chi connectivity index (χ1) is 13.3. The van der Waals surface area contributed by atoms with Crippen molar-refractivity contribution in [1.82, 2.24) is 9.55 Å². The predicted molar refractivity (Wildman–Crippen MR) is 111 cm³/mol. The van der Waals surface area contributed by atoms with Crippen LogP contribution in [0, 0.1) is 0 Å². The van der Waals surface area contributed by atoms with Crippen molar-refractivity contribution in [3.63, 3.8) is 0 Å². The number of aromatic nitrogens is 2. The van der Waals surface area contributed by atoms with E-state index in [4.69, 9.17) is 0 Å². The number of pyridine rings is 1. The Morgan fingerprint density at radius 1 is 0.889 bits per heavy atom. The van der Waals surface area contributed by atoms with Gasteiger partial charge in [0.15, 0.2) is 0 Å². The topological polar surface area (TPSA) is 42.5 Å². The molecule has 0 radical (unpaired) electrons. The number of hydrogen-bond acceptors (Lipinski definition) is 4. The fourth-order valence-corrected chi connectivity index (χ4v) is 3.62. The zero-order chi connectivity index (χ0) is 18.5. The van der Waals surface area contributed by atoms with Crippen LogP contribution >= 0.6 is 11.3 Å². The summed E-state index contributed by atoms with van der Waals surface area (Å²) in [5.74, 6) is 0. The molecule has 0 spiro atoms. The molecule has 0 aliphatic rings. The maximum atomic E-state index is 4.53. The summed E-state index contributed by atoms with van der Waals surface area (Å²) in [4.78, 5) is 5.15. The van der Waals surface area contributed by atoms with Crippen LogP contribution < -0.4 is 4.80 Å². The number of benzene rings is 2. The van der Waals surface area contributed by atoms with Gasteiger partial charge in [-0.25, -0.2) is 0 Å². The molecule has 2 aromatic heterocycles. The first kappa shape index (κ1) is 17.1. The molecular weight excluding hydrogens is 352 g/mol. The molecule has 0 saturated heterocycles. The molecule has 2 aromatic carbocycles. The zero-order valence-corrected chi connectivity index (χ0v) is 15.7. The molecular formula is C22H18N4S. The van der Waals surface area contributed by atoms with Crippen LogP contribution in [0.3, 0.4) is 0 Å². The maximum Gasteiger partial charge on any atom is 0.215 e. The molecule has 4 aromatic rings. The van der Waals surface area contributed by atoms with E-state index in [9.17, 15) is 0 Å². The second-order valence-electron chi connectivity index (χ2n) is 5.94. The van der Waals surface area contributed by atoms with E-state index in [0.717, 1.165) is 33.2 Å². The van der Waals surface area contributed by atoms with Crippen LogP contribution in [-0.4, -0.2) is 15.3 Å². The molecule has 0 N–H and O–H groups in total. The quantitative estimate of drug-likeness (QED) is 0.371. The Morgan fingerprint density at radius 2 is 1.59 bits per heavy atom. The Hall–Kier alpha value is -3.31. The summed E-state index contributed by atoms with van der Waals surface area (Å²) in [5, 5.41) is 11.1. The molecule has 0 amide bonds. The van der Waals surface area contributed by atoms with Gasteiger partial charge in [0.25, 0.3) is 0 Å². The third kappa shape index (κ3) is 3.78. The summed E-state index contributed by atoms with van der Waals surface area (Å²) in [6.07, 6.45) is 1.76. The van der Waals surface area contributed by atoms with Crippen molar-refractivity contribution < 1.29 is 0 Å². The minimum Gasteiger partial charge on any atom is -0.284 e. The summed E-state index contributed by atoms with van der Waals surface area (Å²) in [6.45, 7) is 1.92. The number of thiazole rings is 1. The van der Waals surface area contributed by atoms with E-state index in [1.165, 1.54) is 0 Å². The van der Waals surface area contributed by atoms with Gasteiger partial charge in [0, 0.05) is 17.3 Å². The van der Waals surface area contributed by atoms with Crippen molar-refractivity contribution in [2.45, 2.75) is 6.92 Å². The average Bonchev–Trinajstić information content (AvgIpc) is 3.18. The van der Waals surface area contributed by atoms with Crippen molar-refractivity contribution in [2.75, 3.05) is 0 Å². The lowest BCUT2D eigenvalue weighted by Crippen LogP contribution is -2.13. The van der Waals surface area contributed by atoms with Gasteiger partial charge in [-0.2, -0.15) is 5.10 Å². The normalized spacial score (nSPS) is 12.3. The fourth-order valence-electron chi connectivity index (χ4n) is 2.76. The van der Waals surface area contributed by atoms with Gasteiger partial charge in [0.2, 0.25) is 4.80 Å². The van der Waals surface area contributed by atoms with Crippen molar-refractivity contribution >= 4 is 17.0 Å².